The molecule has 0 saturated carbocycles. The van der Waals surface area contributed by atoms with E-state index in [0.29, 0.717) is 0 Å². The molecule has 3 N–H and O–H groups in total. The Labute approximate surface area is 117 Å². The second kappa shape index (κ2) is 5.85. The Morgan fingerprint density at radius 1 is 1.39 bits per heavy atom. The van der Waals surface area contributed by atoms with Crippen LogP contribution in [0.4, 0.5) is 0 Å². The number of nitrogens with two attached hydrogens (primary N) is 1. The van der Waals surface area contributed by atoms with Gasteiger partial charge in [-0.3, -0.25) is 4.79 Å². The molecule has 1 amide bonds. The molecule has 18 heavy (non-hydrogen) atoms. The van der Waals surface area contributed by atoms with Crippen LogP contribution in [-0.2, 0) is 4.79 Å². The quantitative estimate of drug-likeness (QED) is 0.901. The first-order valence-electron chi connectivity index (χ1n) is 6.03. The second-order valence-electron chi connectivity index (χ2n) is 5.63. The van der Waals surface area contributed by atoms with Crippen LogP contribution in [0.5, 0.6) is 0 Å². The Kier molecular flexibility index (Phi) is 4.93. The highest BCUT2D eigenvalue weighted by molar-refractivity contribution is 9.10. The summed E-state index contributed by atoms with van der Waals surface area (Å²) in [4.78, 5) is 12.0. The Hall–Kier alpha value is -0.870. The fraction of sp³-hybridized carbons (Fsp3) is 0.500. The monoisotopic (exact) mass is 312 g/mol. The van der Waals surface area contributed by atoms with Crippen LogP contribution in [0.3, 0.4) is 0 Å². The molecule has 1 aromatic rings. The fourth-order valence-electron chi connectivity index (χ4n) is 1.56. The van der Waals surface area contributed by atoms with Crippen molar-refractivity contribution in [2.45, 2.75) is 39.8 Å². The minimum absolute atomic E-state index is 0.0524. The summed E-state index contributed by atoms with van der Waals surface area (Å²) in [6.07, 6.45) is 0. The van der Waals surface area contributed by atoms with Crippen LogP contribution in [0, 0.1) is 5.41 Å². The van der Waals surface area contributed by atoms with Crippen LogP contribution in [0.25, 0.3) is 0 Å². The lowest BCUT2D eigenvalue weighted by atomic mass is 9.86. The summed E-state index contributed by atoms with van der Waals surface area (Å²) in [7, 11) is 0. The Morgan fingerprint density at radius 3 is 2.50 bits per heavy atom. The van der Waals surface area contributed by atoms with Gasteiger partial charge in [-0.1, -0.05) is 48.8 Å². The van der Waals surface area contributed by atoms with Crippen LogP contribution in [0.2, 0.25) is 0 Å². The zero-order chi connectivity index (χ0) is 13.9. The summed E-state index contributed by atoms with van der Waals surface area (Å²) in [6, 6.07) is 7.33. The average Bonchev–Trinajstić information content (AvgIpc) is 2.26. The lowest BCUT2D eigenvalue weighted by Crippen LogP contribution is -2.49. The number of hydrogen-bond donors (Lipinski definition) is 2. The molecule has 100 valence electrons. The summed E-state index contributed by atoms with van der Waals surface area (Å²) < 4.78 is 1.00. The lowest BCUT2D eigenvalue weighted by molar-refractivity contribution is -0.125. The van der Waals surface area contributed by atoms with Crippen LogP contribution >= 0.6 is 15.9 Å². The van der Waals surface area contributed by atoms with Crippen molar-refractivity contribution in [2.24, 2.45) is 11.1 Å². The standard InChI is InChI=1S/C14H21BrN2O/c1-9(10-6-5-7-11(15)8-10)17-13(18)12(16)14(2,3)4/h5-9,12H,16H2,1-4H3,(H,17,18)/t9-,12+/m0/s1. The topological polar surface area (TPSA) is 55.1 Å². The van der Waals surface area contributed by atoms with Crippen molar-refractivity contribution in [3.8, 4) is 0 Å². The van der Waals surface area contributed by atoms with E-state index in [1.54, 1.807) is 0 Å². The lowest BCUT2D eigenvalue weighted by Gasteiger charge is -2.27. The molecular weight excluding hydrogens is 292 g/mol. The highest BCUT2D eigenvalue weighted by atomic mass is 79.9. The SMILES string of the molecule is C[C@H](NC(=O)[C@@H](N)C(C)(C)C)c1cccc(Br)c1. The van der Waals surface area contributed by atoms with Crippen molar-refractivity contribution < 1.29 is 4.79 Å². The Balaban J connectivity index is 2.71. The van der Waals surface area contributed by atoms with Crippen molar-refractivity contribution in [2.75, 3.05) is 0 Å². The third-order valence-corrected chi connectivity index (χ3v) is 3.42. The van der Waals surface area contributed by atoms with Gasteiger partial charge in [-0.2, -0.15) is 0 Å². The van der Waals surface area contributed by atoms with Crippen molar-refractivity contribution in [3.05, 3.63) is 34.3 Å². The summed E-state index contributed by atoms with van der Waals surface area (Å²) in [6.45, 7) is 7.83. The molecule has 0 heterocycles. The first kappa shape index (κ1) is 15.2. The van der Waals surface area contributed by atoms with E-state index in [9.17, 15) is 4.79 Å². The maximum atomic E-state index is 12.0. The van der Waals surface area contributed by atoms with Gasteiger partial charge < -0.3 is 11.1 Å². The molecule has 0 fully saturated rings. The number of benzene rings is 1. The van der Waals surface area contributed by atoms with E-state index in [4.69, 9.17) is 5.73 Å². The van der Waals surface area contributed by atoms with Crippen LogP contribution < -0.4 is 11.1 Å². The molecule has 1 rings (SSSR count). The van der Waals surface area contributed by atoms with Gasteiger partial charge in [0.2, 0.25) is 5.91 Å². The average molecular weight is 313 g/mol. The molecule has 0 unspecified atom stereocenters. The molecule has 2 atom stereocenters. The Morgan fingerprint density at radius 2 is 2.00 bits per heavy atom. The summed E-state index contributed by atoms with van der Waals surface area (Å²) in [5, 5.41) is 2.94. The first-order valence-corrected chi connectivity index (χ1v) is 6.82. The van der Waals surface area contributed by atoms with Gasteiger partial charge >= 0.3 is 0 Å². The van der Waals surface area contributed by atoms with E-state index in [1.165, 1.54) is 0 Å². The van der Waals surface area contributed by atoms with E-state index < -0.39 is 6.04 Å². The van der Waals surface area contributed by atoms with Gasteiger partial charge in [-0.15, -0.1) is 0 Å². The van der Waals surface area contributed by atoms with Crippen LogP contribution in [0.15, 0.2) is 28.7 Å². The number of carbonyl (C=O) groups is 1. The first-order chi connectivity index (χ1) is 8.21. The Bertz CT molecular complexity index is 426. The molecule has 0 spiro atoms. The van der Waals surface area contributed by atoms with E-state index >= 15 is 0 Å². The van der Waals surface area contributed by atoms with Gasteiger partial charge in [0.05, 0.1) is 12.1 Å². The predicted molar refractivity (Wildman–Crippen MR) is 78.1 cm³/mol. The van der Waals surface area contributed by atoms with Crippen LogP contribution in [-0.4, -0.2) is 11.9 Å². The van der Waals surface area contributed by atoms with Gasteiger partial charge in [-0.25, -0.2) is 0 Å². The summed E-state index contributed by atoms with van der Waals surface area (Å²) >= 11 is 3.42. The highest BCUT2D eigenvalue weighted by Crippen LogP contribution is 2.20. The van der Waals surface area contributed by atoms with Gasteiger partial charge in [0.1, 0.15) is 0 Å². The second-order valence-corrected chi connectivity index (χ2v) is 6.54. The molecule has 0 bridgehead atoms. The molecule has 0 aliphatic rings. The summed E-state index contributed by atoms with van der Waals surface area (Å²) in [5.74, 6) is -0.116. The third-order valence-electron chi connectivity index (χ3n) is 2.92. The molecule has 4 heteroatoms. The number of carbonyl (C=O) groups excluding carboxylic acids is 1. The molecule has 1 aromatic carbocycles. The van der Waals surface area contributed by atoms with E-state index in [2.05, 4.69) is 21.2 Å². The van der Waals surface area contributed by atoms with Crippen LogP contribution in [0.1, 0.15) is 39.3 Å². The molecule has 3 nitrogen and oxygen atoms in total. The molecule has 0 saturated heterocycles. The van der Waals surface area contributed by atoms with Gasteiger partial charge in [0.25, 0.3) is 0 Å². The van der Waals surface area contributed by atoms with Gasteiger partial charge in [0.15, 0.2) is 0 Å². The molecule has 0 aliphatic heterocycles. The molecular formula is C14H21BrN2O. The van der Waals surface area contributed by atoms with Crippen molar-refractivity contribution in [1.82, 2.24) is 5.32 Å². The maximum absolute atomic E-state index is 12.0. The van der Waals surface area contributed by atoms with Crippen molar-refractivity contribution in [1.29, 1.82) is 0 Å². The van der Waals surface area contributed by atoms with Crippen molar-refractivity contribution in [3.63, 3.8) is 0 Å². The number of amides is 1. The zero-order valence-electron chi connectivity index (χ0n) is 11.3. The highest BCUT2D eigenvalue weighted by Gasteiger charge is 2.28. The molecule has 0 aliphatic carbocycles. The smallest absolute Gasteiger partial charge is 0.237 e. The number of hydrogen-bond acceptors (Lipinski definition) is 2. The third kappa shape index (κ3) is 4.10. The number of nitrogens with one attached hydrogen (secondary N) is 1. The fourth-order valence-corrected chi connectivity index (χ4v) is 1.97. The molecule has 0 aromatic heterocycles. The largest absolute Gasteiger partial charge is 0.348 e. The van der Waals surface area contributed by atoms with Crippen molar-refractivity contribution >= 4 is 21.8 Å². The van der Waals surface area contributed by atoms with Gasteiger partial charge in [-0.05, 0) is 30.0 Å². The van der Waals surface area contributed by atoms with E-state index in [0.717, 1.165) is 10.0 Å². The minimum atomic E-state index is -0.507. The normalized spacial score (nSPS) is 15.0. The minimum Gasteiger partial charge on any atom is -0.348 e. The predicted octanol–water partition coefficient (Wildman–Crippen LogP) is 3.00. The zero-order valence-corrected chi connectivity index (χ0v) is 12.9. The van der Waals surface area contributed by atoms with E-state index in [-0.39, 0.29) is 17.4 Å². The van der Waals surface area contributed by atoms with E-state index in [1.807, 2.05) is 52.0 Å². The molecule has 0 radical (unpaired) electrons. The maximum Gasteiger partial charge on any atom is 0.237 e. The van der Waals surface area contributed by atoms with Gasteiger partial charge in [0, 0.05) is 4.47 Å². The summed E-state index contributed by atoms with van der Waals surface area (Å²) in [5.41, 5.74) is 6.75. The number of halogens is 1. The number of rotatable bonds is 3.